The van der Waals surface area contributed by atoms with Crippen LogP contribution < -0.4 is 11.1 Å². The van der Waals surface area contributed by atoms with E-state index in [1.165, 1.54) is 6.20 Å². The minimum absolute atomic E-state index is 0.284. The Bertz CT molecular complexity index is 620. The maximum absolute atomic E-state index is 12.1. The lowest BCUT2D eigenvalue weighted by atomic mass is 10.1. The molecular formula is C14H16N4O. The predicted octanol–water partition coefficient (Wildman–Crippen LogP) is 2.24. The van der Waals surface area contributed by atoms with Crippen LogP contribution in [0.25, 0.3) is 0 Å². The van der Waals surface area contributed by atoms with Crippen molar-refractivity contribution in [2.24, 2.45) is 0 Å². The molecule has 5 heteroatoms. The van der Waals surface area contributed by atoms with E-state index < -0.39 is 0 Å². The summed E-state index contributed by atoms with van der Waals surface area (Å²) in [5, 5.41) is 2.83. The van der Waals surface area contributed by atoms with Crippen molar-refractivity contribution in [1.29, 1.82) is 0 Å². The van der Waals surface area contributed by atoms with Crippen LogP contribution in [0.5, 0.6) is 0 Å². The SMILES string of the molecule is Cc1cnc(C(=O)Nc2c(C)ccc(N)c2C)cn1. The van der Waals surface area contributed by atoms with E-state index in [0.29, 0.717) is 5.69 Å². The van der Waals surface area contributed by atoms with Gasteiger partial charge in [-0.3, -0.25) is 9.78 Å². The van der Waals surface area contributed by atoms with Gasteiger partial charge in [0.2, 0.25) is 0 Å². The molecule has 3 N–H and O–H groups in total. The Hall–Kier alpha value is -2.43. The molecule has 5 nitrogen and oxygen atoms in total. The smallest absolute Gasteiger partial charge is 0.275 e. The average molecular weight is 256 g/mol. The number of aromatic nitrogens is 2. The molecule has 1 heterocycles. The zero-order valence-electron chi connectivity index (χ0n) is 11.2. The second kappa shape index (κ2) is 5.06. The molecule has 0 fully saturated rings. The zero-order valence-corrected chi connectivity index (χ0v) is 11.2. The van der Waals surface area contributed by atoms with Crippen LogP contribution in [0.1, 0.15) is 27.3 Å². The molecule has 1 aromatic carbocycles. The first-order valence-electron chi connectivity index (χ1n) is 5.94. The summed E-state index contributed by atoms with van der Waals surface area (Å²) in [5.74, 6) is -0.288. The molecule has 19 heavy (non-hydrogen) atoms. The number of aryl methyl sites for hydroxylation is 2. The van der Waals surface area contributed by atoms with Gasteiger partial charge >= 0.3 is 0 Å². The molecule has 2 rings (SSSR count). The summed E-state index contributed by atoms with van der Waals surface area (Å²) in [4.78, 5) is 20.2. The van der Waals surface area contributed by atoms with Crippen molar-refractivity contribution in [3.8, 4) is 0 Å². The normalized spacial score (nSPS) is 10.3. The van der Waals surface area contributed by atoms with Gasteiger partial charge in [-0.2, -0.15) is 0 Å². The molecule has 0 aliphatic rings. The van der Waals surface area contributed by atoms with Crippen molar-refractivity contribution in [3.63, 3.8) is 0 Å². The highest BCUT2D eigenvalue weighted by Crippen LogP contribution is 2.25. The summed E-state index contributed by atoms with van der Waals surface area (Å²) < 4.78 is 0. The molecule has 2 aromatic rings. The van der Waals surface area contributed by atoms with Crippen LogP contribution >= 0.6 is 0 Å². The average Bonchev–Trinajstić information content (AvgIpc) is 2.40. The van der Waals surface area contributed by atoms with Crippen molar-refractivity contribution < 1.29 is 4.79 Å². The number of carbonyl (C=O) groups excluding carboxylic acids is 1. The summed E-state index contributed by atoms with van der Waals surface area (Å²) in [6.07, 6.45) is 3.02. The fourth-order valence-electron chi connectivity index (χ4n) is 1.74. The highest BCUT2D eigenvalue weighted by Gasteiger charge is 2.12. The number of rotatable bonds is 2. The molecule has 0 bridgehead atoms. The van der Waals surface area contributed by atoms with E-state index in [2.05, 4.69) is 15.3 Å². The fourth-order valence-corrected chi connectivity index (χ4v) is 1.74. The van der Waals surface area contributed by atoms with Gasteiger partial charge in [-0.25, -0.2) is 4.98 Å². The van der Waals surface area contributed by atoms with Crippen LogP contribution in [-0.2, 0) is 0 Å². The number of benzene rings is 1. The number of nitrogen functional groups attached to an aromatic ring is 1. The number of hydrogen-bond donors (Lipinski definition) is 2. The van der Waals surface area contributed by atoms with Gasteiger partial charge in [-0.1, -0.05) is 6.07 Å². The number of nitrogens with zero attached hydrogens (tertiary/aromatic N) is 2. The van der Waals surface area contributed by atoms with Crippen LogP contribution in [0.2, 0.25) is 0 Å². The van der Waals surface area contributed by atoms with Gasteiger partial charge < -0.3 is 11.1 Å². The highest BCUT2D eigenvalue weighted by molar-refractivity contribution is 6.03. The lowest BCUT2D eigenvalue weighted by molar-refractivity contribution is 0.102. The quantitative estimate of drug-likeness (QED) is 0.807. The van der Waals surface area contributed by atoms with Crippen LogP contribution in [0.15, 0.2) is 24.5 Å². The molecular weight excluding hydrogens is 240 g/mol. The Kier molecular flexibility index (Phi) is 3.46. The molecule has 0 aliphatic carbocycles. The minimum Gasteiger partial charge on any atom is -0.398 e. The summed E-state index contributed by atoms with van der Waals surface area (Å²) in [7, 11) is 0. The number of nitrogens with two attached hydrogens (primary N) is 1. The number of amides is 1. The van der Waals surface area contributed by atoms with E-state index in [1.54, 1.807) is 6.20 Å². The fraction of sp³-hybridized carbons (Fsp3) is 0.214. The van der Waals surface area contributed by atoms with Gasteiger partial charge in [0.15, 0.2) is 0 Å². The molecule has 1 aromatic heterocycles. The molecule has 0 saturated carbocycles. The summed E-state index contributed by atoms with van der Waals surface area (Å²) in [6.45, 7) is 5.61. The van der Waals surface area contributed by atoms with E-state index in [0.717, 1.165) is 22.5 Å². The topological polar surface area (TPSA) is 80.9 Å². The van der Waals surface area contributed by atoms with Crippen molar-refractivity contribution >= 4 is 17.3 Å². The Morgan fingerprint density at radius 3 is 2.53 bits per heavy atom. The molecule has 98 valence electrons. The van der Waals surface area contributed by atoms with Gasteiger partial charge in [0.1, 0.15) is 5.69 Å². The summed E-state index contributed by atoms with van der Waals surface area (Å²) in [5.41, 5.74) is 10.1. The third kappa shape index (κ3) is 2.70. The lowest BCUT2D eigenvalue weighted by Crippen LogP contribution is -2.16. The van der Waals surface area contributed by atoms with Crippen LogP contribution in [-0.4, -0.2) is 15.9 Å². The largest absolute Gasteiger partial charge is 0.398 e. The first-order chi connectivity index (χ1) is 8.99. The number of nitrogens with one attached hydrogen (secondary N) is 1. The Balaban J connectivity index is 2.29. The molecule has 1 amide bonds. The molecule has 0 unspecified atom stereocenters. The van der Waals surface area contributed by atoms with E-state index in [9.17, 15) is 4.79 Å². The van der Waals surface area contributed by atoms with Crippen molar-refractivity contribution in [2.45, 2.75) is 20.8 Å². The molecule has 0 spiro atoms. The Morgan fingerprint density at radius 1 is 1.16 bits per heavy atom. The van der Waals surface area contributed by atoms with Gasteiger partial charge in [-0.15, -0.1) is 0 Å². The lowest BCUT2D eigenvalue weighted by Gasteiger charge is -2.13. The number of anilines is 2. The predicted molar refractivity (Wildman–Crippen MR) is 75.1 cm³/mol. The van der Waals surface area contributed by atoms with Crippen LogP contribution in [0, 0.1) is 20.8 Å². The van der Waals surface area contributed by atoms with Crippen molar-refractivity contribution in [2.75, 3.05) is 11.1 Å². The van der Waals surface area contributed by atoms with Crippen molar-refractivity contribution in [1.82, 2.24) is 9.97 Å². The molecule has 0 radical (unpaired) electrons. The minimum atomic E-state index is -0.288. The Morgan fingerprint density at radius 2 is 1.89 bits per heavy atom. The Labute approximate surface area is 111 Å². The number of hydrogen-bond acceptors (Lipinski definition) is 4. The summed E-state index contributed by atoms with van der Waals surface area (Å²) >= 11 is 0. The maximum atomic E-state index is 12.1. The van der Waals surface area contributed by atoms with Gasteiger partial charge in [0, 0.05) is 17.6 Å². The monoisotopic (exact) mass is 256 g/mol. The standard InChI is InChI=1S/C14H16N4O/c1-8-4-5-11(15)10(3)13(8)18-14(19)12-7-16-9(2)6-17-12/h4-7H,15H2,1-3H3,(H,18,19). The molecule has 0 saturated heterocycles. The van der Waals surface area contributed by atoms with Gasteiger partial charge in [0.25, 0.3) is 5.91 Å². The zero-order chi connectivity index (χ0) is 14.0. The number of carbonyl (C=O) groups is 1. The van der Waals surface area contributed by atoms with Crippen LogP contribution in [0.3, 0.4) is 0 Å². The first kappa shape index (κ1) is 13.0. The van der Waals surface area contributed by atoms with Crippen LogP contribution in [0.4, 0.5) is 11.4 Å². The second-order valence-corrected chi connectivity index (χ2v) is 4.47. The highest BCUT2D eigenvalue weighted by atomic mass is 16.1. The van der Waals surface area contributed by atoms with Gasteiger partial charge in [0.05, 0.1) is 11.9 Å². The van der Waals surface area contributed by atoms with E-state index in [1.807, 2.05) is 32.9 Å². The third-order valence-electron chi connectivity index (χ3n) is 2.97. The summed E-state index contributed by atoms with van der Waals surface area (Å²) in [6, 6.07) is 3.70. The van der Waals surface area contributed by atoms with E-state index >= 15 is 0 Å². The molecule has 0 atom stereocenters. The first-order valence-corrected chi connectivity index (χ1v) is 5.94. The second-order valence-electron chi connectivity index (χ2n) is 4.47. The van der Waals surface area contributed by atoms with Gasteiger partial charge in [-0.05, 0) is 38.0 Å². The molecule has 0 aliphatic heterocycles. The third-order valence-corrected chi connectivity index (χ3v) is 2.97. The maximum Gasteiger partial charge on any atom is 0.275 e. The van der Waals surface area contributed by atoms with E-state index in [-0.39, 0.29) is 11.6 Å². The van der Waals surface area contributed by atoms with E-state index in [4.69, 9.17) is 5.73 Å². The van der Waals surface area contributed by atoms with Crippen molar-refractivity contribution in [3.05, 3.63) is 47.0 Å².